The zero-order chi connectivity index (χ0) is 10.4. The third kappa shape index (κ3) is 2.98. The van der Waals surface area contributed by atoms with Crippen LogP contribution in [0.4, 0.5) is 5.82 Å². The Morgan fingerprint density at radius 1 is 1.79 bits per heavy atom. The minimum atomic E-state index is -0.502. The van der Waals surface area contributed by atoms with Gasteiger partial charge >= 0.3 is 5.82 Å². The molecule has 1 rings (SSSR count). The first-order valence-corrected chi connectivity index (χ1v) is 4.24. The number of hydrogen-bond acceptors (Lipinski definition) is 4. The summed E-state index contributed by atoms with van der Waals surface area (Å²) >= 11 is 0. The predicted octanol–water partition coefficient (Wildman–Crippen LogP) is 0.941. The van der Waals surface area contributed by atoms with Gasteiger partial charge in [-0.05, 0) is 24.9 Å². The number of imidazole rings is 1. The Kier molecular flexibility index (Phi) is 3.81. The Balaban J connectivity index is 2.51. The summed E-state index contributed by atoms with van der Waals surface area (Å²) in [5.74, 6) is 0.422. The van der Waals surface area contributed by atoms with Gasteiger partial charge in [-0.25, -0.2) is 9.97 Å². The van der Waals surface area contributed by atoms with Crippen LogP contribution in [0, 0.1) is 10.1 Å². The van der Waals surface area contributed by atoms with E-state index >= 15 is 0 Å². The van der Waals surface area contributed by atoms with Crippen molar-refractivity contribution in [3.63, 3.8) is 0 Å². The molecule has 1 heterocycles. The number of nitrogens with zero attached hydrogens (tertiary/aromatic N) is 2. The van der Waals surface area contributed by atoms with Crippen molar-refractivity contribution in [1.82, 2.24) is 15.3 Å². The van der Waals surface area contributed by atoms with Crippen molar-refractivity contribution in [2.75, 3.05) is 13.6 Å². The van der Waals surface area contributed by atoms with Crippen LogP contribution in [0.2, 0.25) is 0 Å². The maximum absolute atomic E-state index is 10.3. The molecule has 1 aromatic heterocycles. The van der Waals surface area contributed by atoms with Crippen LogP contribution in [0.15, 0.2) is 12.3 Å². The maximum atomic E-state index is 10.3. The molecule has 0 aliphatic rings. The number of H-pyrrole nitrogens is 1. The molecule has 6 nitrogen and oxygen atoms in total. The normalized spacial score (nSPS) is 10.9. The third-order valence-electron chi connectivity index (χ3n) is 1.62. The van der Waals surface area contributed by atoms with E-state index in [-0.39, 0.29) is 5.82 Å². The molecular formula is C8H12N4O2. The Bertz CT molecular complexity index is 332. The van der Waals surface area contributed by atoms with Crippen molar-refractivity contribution in [2.24, 2.45) is 0 Å². The van der Waals surface area contributed by atoms with Crippen LogP contribution in [-0.4, -0.2) is 28.5 Å². The van der Waals surface area contributed by atoms with Crippen molar-refractivity contribution in [1.29, 1.82) is 0 Å². The quantitative estimate of drug-likeness (QED) is 0.417. The molecule has 14 heavy (non-hydrogen) atoms. The van der Waals surface area contributed by atoms with E-state index in [4.69, 9.17) is 0 Å². The number of nitrogens with one attached hydrogen (secondary N) is 2. The summed E-state index contributed by atoms with van der Waals surface area (Å²) in [5, 5.41) is 13.3. The van der Waals surface area contributed by atoms with E-state index in [1.165, 1.54) is 6.20 Å². The minimum Gasteiger partial charge on any atom is -0.358 e. The molecule has 0 aromatic carbocycles. The fourth-order valence-electron chi connectivity index (χ4n) is 0.927. The van der Waals surface area contributed by atoms with Gasteiger partial charge in [-0.2, -0.15) is 0 Å². The molecule has 6 heteroatoms. The van der Waals surface area contributed by atoms with Crippen LogP contribution in [0.5, 0.6) is 0 Å². The van der Waals surface area contributed by atoms with Crippen molar-refractivity contribution in [3.8, 4) is 0 Å². The average molecular weight is 196 g/mol. The standard InChI is InChI=1S/C8H12N4O2/c1-9-5-3-2-4-7-10-6-8(11-7)12(13)14/h2,4,6,9H,3,5H2,1H3,(H,10,11). The van der Waals surface area contributed by atoms with Crippen molar-refractivity contribution in [3.05, 3.63) is 28.2 Å². The monoisotopic (exact) mass is 196 g/mol. The fourth-order valence-corrected chi connectivity index (χ4v) is 0.927. The van der Waals surface area contributed by atoms with Crippen molar-refractivity contribution < 1.29 is 4.92 Å². The van der Waals surface area contributed by atoms with E-state index in [1.807, 2.05) is 13.1 Å². The van der Waals surface area contributed by atoms with E-state index in [0.717, 1.165) is 13.0 Å². The van der Waals surface area contributed by atoms with Crippen molar-refractivity contribution >= 4 is 11.9 Å². The molecular weight excluding hydrogens is 184 g/mol. The molecule has 1 aromatic rings. The summed E-state index contributed by atoms with van der Waals surface area (Å²) in [6, 6.07) is 0. The highest BCUT2D eigenvalue weighted by atomic mass is 16.6. The van der Waals surface area contributed by atoms with Crippen LogP contribution in [0.1, 0.15) is 12.2 Å². The van der Waals surface area contributed by atoms with E-state index in [0.29, 0.717) is 5.82 Å². The smallest absolute Gasteiger partial charge is 0.340 e. The predicted molar refractivity (Wildman–Crippen MR) is 52.8 cm³/mol. The molecule has 0 saturated carbocycles. The third-order valence-corrected chi connectivity index (χ3v) is 1.62. The van der Waals surface area contributed by atoms with Crippen LogP contribution in [0.3, 0.4) is 0 Å². The lowest BCUT2D eigenvalue weighted by Crippen LogP contribution is -2.05. The van der Waals surface area contributed by atoms with Gasteiger partial charge in [0, 0.05) is 6.08 Å². The minimum absolute atomic E-state index is 0.0849. The van der Waals surface area contributed by atoms with E-state index < -0.39 is 4.92 Å². The summed E-state index contributed by atoms with van der Waals surface area (Å²) in [4.78, 5) is 16.2. The molecule has 0 aliphatic heterocycles. The SMILES string of the molecule is CNCCC=Cc1ncc([N+](=O)[O-])[nH]1. The molecule has 0 fully saturated rings. The van der Waals surface area contributed by atoms with Crippen LogP contribution in [0.25, 0.3) is 6.08 Å². The summed E-state index contributed by atoms with van der Waals surface area (Å²) in [6.07, 6.45) is 5.70. The highest BCUT2D eigenvalue weighted by Crippen LogP contribution is 2.07. The number of rotatable bonds is 5. The molecule has 0 unspecified atom stereocenters. The molecule has 2 N–H and O–H groups in total. The van der Waals surface area contributed by atoms with Gasteiger partial charge < -0.3 is 15.4 Å². The largest absolute Gasteiger partial charge is 0.358 e. The molecule has 76 valence electrons. The molecule has 0 bridgehead atoms. The first-order valence-electron chi connectivity index (χ1n) is 4.24. The molecule has 0 aliphatic carbocycles. The number of aromatic nitrogens is 2. The van der Waals surface area contributed by atoms with Gasteiger partial charge in [0.1, 0.15) is 6.20 Å². The second kappa shape index (κ2) is 5.13. The highest BCUT2D eigenvalue weighted by molar-refractivity contribution is 5.41. The van der Waals surface area contributed by atoms with Gasteiger partial charge in [0.15, 0.2) is 0 Å². The van der Waals surface area contributed by atoms with Gasteiger partial charge in [-0.3, -0.25) is 0 Å². The maximum Gasteiger partial charge on any atom is 0.340 e. The van der Waals surface area contributed by atoms with Crippen LogP contribution < -0.4 is 5.32 Å². The van der Waals surface area contributed by atoms with Gasteiger partial charge in [0.2, 0.25) is 5.82 Å². The second-order valence-corrected chi connectivity index (χ2v) is 2.71. The lowest BCUT2D eigenvalue weighted by Gasteiger charge is -1.89. The van der Waals surface area contributed by atoms with Gasteiger partial charge in [0.05, 0.1) is 0 Å². The zero-order valence-corrected chi connectivity index (χ0v) is 7.86. The van der Waals surface area contributed by atoms with Crippen LogP contribution in [-0.2, 0) is 0 Å². The number of nitro groups is 1. The summed E-state index contributed by atoms with van der Waals surface area (Å²) in [6.45, 7) is 0.874. The molecule has 0 spiro atoms. The van der Waals surface area contributed by atoms with E-state index in [1.54, 1.807) is 6.08 Å². The zero-order valence-electron chi connectivity index (χ0n) is 7.86. The Hall–Kier alpha value is -1.69. The number of hydrogen-bond donors (Lipinski definition) is 2. The first-order chi connectivity index (χ1) is 6.74. The topological polar surface area (TPSA) is 83.8 Å². The average Bonchev–Trinajstić information content (AvgIpc) is 2.61. The summed E-state index contributed by atoms with van der Waals surface area (Å²) in [5.41, 5.74) is 0. The fraction of sp³-hybridized carbons (Fsp3) is 0.375. The Morgan fingerprint density at radius 2 is 2.57 bits per heavy atom. The lowest BCUT2D eigenvalue weighted by molar-refractivity contribution is -0.389. The van der Waals surface area contributed by atoms with Crippen molar-refractivity contribution in [2.45, 2.75) is 6.42 Å². The van der Waals surface area contributed by atoms with Gasteiger partial charge in [0.25, 0.3) is 0 Å². The molecule has 0 atom stereocenters. The Morgan fingerprint density at radius 3 is 3.14 bits per heavy atom. The van der Waals surface area contributed by atoms with Gasteiger partial charge in [-0.1, -0.05) is 6.08 Å². The molecule has 0 radical (unpaired) electrons. The Labute approximate surface area is 81.2 Å². The lowest BCUT2D eigenvalue weighted by atomic mass is 10.3. The second-order valence-electron chi connectivity index (χ2n) is 2.71. The molecule has 0 saturated heterocycles. The summed E-state index contributed by atoms with van der Waals surface area (Å²) in [7, 11) is 1.87. The van der Waals surface area contributed by atoms with Crippen LogP contribution >= 0.6 is 0 Å². The highest BCUT2D eigenvalue weighted by Gasteiger charge is 2.06. The van der Waals surface area contributed by atoms with E-state index in [9.17, 15) is 10.1 Å². The molecule has 0 amide bonds. The van der Waals surface area contributed by atoms with E-state index in [2.05, 4.69) is 15.3 Å². The first kappa shape index (κ1) is 10.4. The summed E-state index contributed by atoms with van der Waals surface area (Å²) < 4.78 is 0. The van der Waals surface area contributed by atoms with Gasteiger partial charge in [-0.15, -0.1) is 0 Å². The number of aromatic amines is 1.